The van der Waals surface area contributed by atoms with Crippen LogP contribution in [-0.2, 0) is 0 Å². The Kier molecular flexibility index (Phi) is 3.21. The molecule has 0 aliphatic rings. The van der Waals surface area contributed by atoms with Crippen molar-refractivity contribution in [2.24, 2.45) is 0 Å². The minimum Gasteiger partial charge on any atom is -0.252 e. The van der Waals surface area contributed by atoms with Crippen molar-refractivity contribution < 1.29 is 0 Å². The smallest absolute Gasteiger partial charge is 0.177 e. The van der Waals surface area contributed by atoms with Gasteiger partial charge in [-0.05, 0) is 21.5 Å². The molecule has 6 rings (SSSR count). The molecule has 0 N–H and O–H groups in total. The maximum atomic E-state index is 9.55. The zero-order chi connectivity index (χ0) is 20.2. The second-order valence-electron chi connectivity index (χ2n) is 6.94. The van der Waals surface area contributed by atoms with Gasteiger partial charge < -0.3 is 0 Å². The van der Waals surface area contributed by atoms with E-state index in [0.717, 1.165) is 32.3 Å². The zero-order valence-corrected chi connectivity index (χ0v) is 15.5. The highest BCUT2D eigenvalue weighted by molar-refractivity contribution is 6.37. The second-order valence-corrected chi connectivity index (χ2v) is 6.94. The van der Waals surface area contributed by atoms with Crippen molar-refractivity contribution in [1.82, 2.24) is 19.9 Å². The number of hydrogen-bond acceptors (Lipinski definition) is 6. The molecule has 4 aromatic carbocycles. The SMILES string of the molecule is N#Cc1nc2c3nccnc3c3c4ccccc4c4ccccc4c3c2nc1C#N. The summed E-state index contributed by atoms with van der Waals surface area (Å²) in [4.78, 5) is 18.2. The first-order valence-electron chi connectivity index (χ1n) is 9.29. The van der Waals surface area contributed by atoms with Gasteiger partial charge in [0.15, 0.2) is 11.4 Å². The van der Waals surface area contributed by atoms with Crippen molar-refractivity contribution in [2.45, 2.75) is 0 Å². The van der Waals surface area contributed by atoms with Gasteiger partial charge in [0, 0.05) is 23.2 Å². The first-order valence-corrected chi connectivity index (χ1v) is 9.29. The molecule has 2 heterocycles. The van der Waals surface area contributed by atoms with Crippen LogP contribution in [0.1, 0.15) is 11.4 Å². The molecule has 0 fully saturated rings. The Hall–Kier alpha value is -4.68. The van der Waals surface area contributed by atoms with Crippen LogP contribution in [0, 0.1) is 22.7 Å². The molecule has 0 atom stereocenters. The third-order valence-corrected chi connectivity index (χ3v) is 5.44. The Bertz CT molecular complexity index is 1770. The van der Waals surface area contributed by atoms with Crippen molar-refractivity contribution in [3.63, 3.8) is 0 Å². The number of hydrogen-bond donors (Lipinski definition) is 0. The molecule has 0 unspecified atom stereocenters. The Morgan fingerprint density at radius 2 is 1.00 bits per heavy atom. The summed E-state index contributed by atoms with van der Waals surface area (Å²) >= 11 is 0. The third kappa shape index (κ3) is 1.99. The monoisotopic (exact) mass is 382 g/mol. The van der Waals surface area contributed by atoms with E-state index in [4.69, 9.17) is 0 Å². The molecule has 2 aromatic heterocycles. The molecule has 0 aliphatic carbocycles. The molecule has 6 aromatic rings. The number of nitriles is 2. The lowest BCUT2D eigenvalue weighted by Gasteiger charge is -2.14. The summed E-state index contributed by atoms with van der Waals surface area (Å²) in [5, 5.41) is 25.0. The molecule has 0 radical (unpaired) electrons. The topological polar surface area (TPSA) is 99.1 Å². The molecule has 6 heteroatoms. The summed E-state index contributed by atoms with van der Waals surface area (Å²) in [7, 11) is 0. The molecule has 0 amide bonds. The van der Waals surface area contributed by atoms with E-state index in [9.17, 15) is 10.5 Å². The van der Waals surface area contributed by atoms with Crippen molar-refractivity contribution in [2.75, 3.05) is 0 Å². The molecule has 0 saturated heterocycles. The van der Waals surface area contributed by atoms with Gasteiger partial charge in [0.05, 0.1) is 5.52 Å². The van der Waals surface area contributed by atoms with Crippen LogP contribution < -0.4 is 0 Å². The summed E-state index contributed by atoms with van der Waals surface area (Å²) in [5.74, 6) is 0. The van der Waals surface area contributed by atoms with Gasteiger partial charge in [-0.15, -0.1) is 0 Å². The van der Waals surface area contributed by atoms with Gasteiger partial charge in [-0.3, -0.25) is 9.97 Å². The van der Waals surface area contributed by atoms with Crippen LogP contribution in [0.25, 0.3) is 54.4 Å². The van der Waals surface area contributed by atoms with E-state index >= 15 is 0 Å². The van der Waals surface area contributed by atoms with Gasteiger partial charge in [0.25, 0.3) is 0 Å². The van der Waals surface area contributed by atoms with E-state index in [1.165, 1.54) is 0 Å². The Balaban J connectivity index is 2.09. The van der Waals surface area contributed by atoms with Crippen molar-refractivity contribution >= 4 is 54.4 Å². The maximum Gasteiger partial charge on any atom is 0.177 e. The quantitative estimate of drug-likeness (QED) is 0.351. The maximum absolute atomic E-state index is 9.55. The number of aromatic nitrogens is 4. The molecule has 0 saturated carbocycles. The highest BCUT2D eigenvalue weighted by Gasteiger charge is 2.20. The average Bonchev–Trinajstić information content (AvgIpc) is 2.82. The molecule has 0 spiro atoms. The van der Waals surface area contributed by atoms with Crippen molar-refractivity contribution in [3.05, 3.63) is 72.3 Å². The third-order valence-electron chi connectivity index (χ3n) is 5.44. The van der Waals surface area contributed by atoms with Gasteiger partial charge in [0.1, 0.15) is 28.7 Å². The minimum absolute atomic E-state index is 0.00628. The lowest BCUT2D eigenvalue weighted by molar-refractivity contribution is 1.20. The average molecular weight is 382 g/mol. The first kappa shape index (κ1) is 16.3. The van der Waals surface area contributed by atoms with Crippen LogP contribution in [0.4, 0.5) is 0 Å². The Morgan fingerprint density at radius 3 is 1.57 bits per heavy atom. The van der Waals surface area contributed by atoms with E-state index in [1.54, 1.807) is 12.4 Å². The predicted molar refractivity (Wildman–Crippen MR) is 115 cm³/mol. The number of nitrogens with zero attached hydrogens (tertiary/aromatic N) is 6. The molecule has 0 bridgehead atoms. The molecule has 0 aliphatic heterocycles. The van der Waals surface area contributed by atoms with Crippen molar-refractivity contribution in [1.29, 1.82) is 10.5 Å². The largest absolute Gasteiger partial charge is 0.252 e. The fourth-order valence-electron chi connectivity index (χ4n) is 4.26. The summed E-state index contributed by atoms with van der Waals surface area (Å²) in [6.45, 7) is 0. The van der Waals surface area contributed by atoms with Crippen LogP contribution in [-0.4, -0.2) is 19.9 Å². The number of benzene rings is 4. The fourth-order valence-corrected chi connectivity index (χ4v) is 4.26. The highest BCUT2D eigenvalue weighted by atomic mass is 14.9. The van der Waals surface area contributed by atoms with E-state index < -0.39 is 0 Å². The van der Waals surface area contributed by atoms with E-state index in [1.807, 2.05) is 42.5 Å². The molecule has 136 valence electrons. The summed E-state index contributed by atoms with van der Waals surface area (Å²) in [6.07, 6.45) is 3.25. The van der Waals surface area contributed by atoms with Gasteiger partial charge in [0.2, 0.25) is 0 Å². The fraction of sp³-hybridized carbons (Fsp3) is 0. The van der Waals surface area contributed by atoms with Gasteiger partial charge in [-0.1, -0.05) is 48.5 Å². The highest BCUT2D eigenvalue weighted by Crippen LogP contribution is 2.41. The van der Waals surface area contributed by atoms with Crippen LogP contribution in [0.15, 0.2) is 60.9 Å². The summed E-state index contributed by atoms with van der Waals surface area (Å²) in [6, 6.07) is 20.2. The number of fused-ring (bicyclic) bond motifs is 11. The van der Waals surface area contributed by atoms with Gasteiger partial charge in [-0.2, -0.15) is 10.5 Å². The van der Waals surface area contributed by atoms with Crippen LogP contribution in [0.5, 0.6) is 0 Å². The molecular formula is C24H10N6. The lowest BCUT2D eigenvalue weighted by atomic mass is 9.92. The second kappa shape index (κ2) is 5.91. The predicted octanol–water partition coefficient (Wildman–Crippen LogP) is 4.78. The van der Waals surface area contributed by atoms with Crippen LogP contribution in [0.3, 0.4) is 0 Å². The van der Waals surface area contributed by atoms with Crippen LogP contribution >= 0.6 is 0 Å². The normalized spacial score (nSPS) is 11.3. The van der Waals surface area contributed by atoms with Gasteiger partial charge >= 0.3 is 0 Å². The van der Waals surface area contributed by atoms with E-state index in [0.29, 0.717) is 22.1 Å². The molecular weight excluding hydrogens is 372 g/mol. The molecule has 6 nitrogen and oxygen atoms in total. The Labute approximate surface area is 169 Å². The Morgan fingerprint density at radius 1 is 0.533 bits per heavy atom. The van der Waals surface area contributed by atoms with E-state index in [-0.39, 0.29) is 11.4 Å². The molecule has 30 heavy (non-hydrogen) atoms. The number of rotatable bonds is 0. The first-order chi connectivity index (χ1) is 14.8. The lowest BCUT2D eigenvalue weighted by Crippen LogP contribution is -1.99. The van der Waals surface area contributed by atoms with Crippen molar-refractivity contribution in [3.8, 4) is 12.1 Å². The minimum atomic E-state index is -0.0126. The van der Waals surface area contributed by atoms with Gasteiger partial charge in [-0.25, -0.2) is 9.97 Å². The summed E-state index contributed by atoms with van der Waals surface area (Å²) < 4.78 is 0. The summed E-state index contributed by atoms with van der Waals surface area (Å²) in [5.41, 5.74) is 2.28. The zero-order valence-electron chi connectivity index (χ0n) is 15.5. The standard InChI is InChI=1S/C24H10N6/c25-11-17-18(12-26)30-24-22(29-17)20-16-8-4-2-6-14(16)13-5-1-3-7-15(13)19(20)21-23(24)28-10-9-27-21/h1-10H. The van der Waals surface area contributed by atoms with Crippen LogP contribution in [0.2, 0.25) is 0 Å². The van der Waals surface area contributed by atoms with E-state index in [2.05, 4.69) is 38.1 Å².